The van der Waals surface area contributed by atoms with Gasteiger partial charge in [-0.3, -0.25) is 0 Å². The van der Waals surface area contributed by atoms with E-state index in [1.54, 1.807) is 0 Å². The number of hydrogen-bond donors (Lipinski definition) is 2. The van der Waals surface area contributed by atoms with Crippen LogP contribution in [0.3, 0.4) is 0 Å². The zero-order chi connectivity index (χ0) is 10.8. The maximum absolute atomic E-state index is 3.14. The van der Waals surface area contributed by atoms with E-state index in [0.29, 0.717) is 0 Å². The Labute approximate surface area is 86.7 Å². The lowest BCUT2D eigenvalue weighted by Crippen LogP contribution is -2.17. The molecule has 0 radical (unpaired) electrons. The Morgan fingerprint density at radius 2 is 1.79 bits per heavy atom. The molecule has 14 heavy (non-hydrogen) atoms. The molecule has 0 bridgehead atoms. The third-order valence-electron chi connectivity index (χ3n) is 2.36. The summed E-state index contributed by atoms with van der Waals surface area (Å²) in [5.41, 5.74) is 10.1. The minimum Gasteiger partial charge on any atom is -0.321 e. The van der Waals surface area contributed by atoms with Gasteiger partial charge in [-0.05, 0) is 29.5 Å². The van der Waals surface area contributed by atoms with Gasteiger partial charge in [0.05, 0.1) is 5.69 Å². The number of hydrogen-bond acceptors (Lipinski definition) is 2. The van der Waals surface area contributed by atoms with E-state index in [1.807, 2.05) is 7.05 Å². The van der Waals surface area contributed by atoms with E-state index in [9.17, 15) is 0 Å². The molecule has 2 nitrogen and oxygen atoms in total. The van der Waals surface area contributed by atoms with Crippen LogP contribution in [-0.4, -0.2) is 7.05 Å². The Balaban J connectivity index is 3.06. The van der Waals surface area contributed by atoms with Crippen molar-refractivity contribution in [2.45, 2.75) is 33.1 Å². The van der Waals surface area contributed by atoms with E-state index in [-0.39, 0.29) is 5.41 Å². The summed E-state index contributed by atoms with van der Waals surface area (Å²) in [6.07, 6.45) is 0. The van der Waals surface area contributed by atoms with Gasteiger partial charge < -0.3 is 5.43 Å². The fourth-order valence-corrected chi connectivity index (χ4v) is 1.36. The Morgan fingerprint density at radius 3 is 2.29 bits per heavy atom. The summed E-state index contributed by atoms with van der Waals surface area (Å²) in [7, 11) is 1.88. The Kier molecular flexibility index (Phi) is 3.17. The van der Waals surface area contributed by atoms with Gasteiger partial charge in [-0.15, -0.1) is 0 Å². The summed E-state index contributed by atoms with van der Waals surface area (Å²) in [4.78, 5) is 0. The first-order valence-electron chi connectivity index (χ1n) is 4.99. The molecule has 0 aliphatic heterocycles. The van der Waals surface area contributed by atoms with Gasteiger partial charge in [0, 0.05) is 7.05 Å². The molecular formula is C12H20N2. The molecule has 0 saturated heterocycles. The van der Waals surface area contributed by atoms with Crippen molar-refractivity contribution in [3.05, 3.63) is 29.3 Å². The zero-order valence-corrected chi connectivity index (χ0v) is 9.73. The van der Waals surface area contributed by atoms with Gasteiger partial charge >= 0.3 is 0 Å². The summed E-state index contributed by atoms with van der Waals surface area (Å²) in [5.74, 6) is 0. The smallest absolute Gasteiger partial charge is 0.0519 e. The number of benzene rings is 1. The fourth-order valence-electron chi connectivity index (χ4n) is 1.36. The largest absolute Gasteiger partial charge is 0.321 e. The van der Waals surface area contributed by atoms with E-state index in [2.05, 4.69) is 56.7 Å². The highest BCUT2D eigenvalue weighted by Gasteiger charge is 2.14. The van der Waals surface area contributed by atoms with Crippen molar-refractivity contribution in [3.63, 3.8) is 0 Å². The first kappa shape index (κ1) is 11.1. The molecule has 2 heteroatoms. The second-order valence-corrected chi connectivity index (χ2v) is 4.65. The average Bonchev–Trinajstić information content (AvgIpc) is 2.07. The molecule has 0 fully saturated rings. The molecule has 0 unspecified atom stereocenters. The quantitative estimate of drug-likeness (QED) is 0.704. The van der Waals surface area contributed by atoms with Gasteiger partial charge in [0.25, 0.3) is 0 Å². The van der Waals surface area contributed by atoms with Crippen LogP contribution in [0.2, 0.25) is 0 Å². The molecule has 0 aliphatic rings. The van der Waals surface area contributed by atoms with Crippen molar-refractivity contribution in [1.82, 2.24) is 5.43 Å². The third kappa shape index (κ3) is 2.48. The minimum atomic E-state index is 0.206. The molecule has 1 aromatic rings. The normalized spacial score (nSPS) is 11.5. The molecular weight excluding hydrogens is 172 g/mol. The van der Waals surface area contributed by atoms with Gasteiger partial charge in [-0.1, -0.05) is 32.9 Å². The van der Waals surface area contributed by atoms with Gasteiger partial charge in [0.15, 0.2) is 0 Å². The van der Waals surface area contributed by atoms with Gasteiger partial charge in [-0.25, -0.2) is 5.43 Å². The molecule has 0 aromatic heterocycles. The summed E-state index contributed by atoms with van der Waals surface area (Å²) >= 11 is 0. The van der Waals surface area contributed by atoms with Crippen LogP contribution >= 0.6 is 0 Å². The summed E-state index contributed by atoms with van der Waals surface area (Å²) in [6, 6.07) is 6.54. The summed E-state index contributed by atoms with van der Waals surface area (Å²) < 4.78 is 0. The SMILES string of the molecule is CNNc1cc(C(C)(C)C)ccc1C. The molecule has 0 spiro atoms. The number of aryl methyl sites for hydroxylation is 1. The van der Waals surface area contributed by atoms with Crippen LogP contribution in [0.25, 0.3) is 0 Å². The van der Waals surface area contributed by atoms with Crippen molar-refractivity contribution in [3.8, 4) is 0 Å². The average molecular weight is 192 g/mol. The Bertz CT molecular complexity index is 311. The standard InChI is InChI=1S/C12H20N2/c1-9-6-7-10(12(2,3)4)8-11(9)14-13-5/h6-8,13-14H,1-5H3. The van der Waals surface area contributed by atoms with Crippen molar-refractivity contribution in [2.24, 2.45) is 0 Å². The molecule has 2 N–H and O–H groups in total. The van der Waals surface area contributed by atoms with E-state index < -0.39 is 0 Å². The predicted molar refractivity (Wildman–Crippen MR) is 62.6 cm³/mol. The van der Waals surface area contributed by atoms with Gasteiger partial charge in [0.1, 0.15) is 0 Å². The second kappa shape index (κ2) is 4.01. The second-order valence-electron chi connectivity index (χ2n) is 4.65. The van der Waals surface area contributed by atoms with Crippen molar-refractivity contribution in [1.29, 1.82) is 0 Å². The van der Waals surface area contributed by atoms with Crippen LogP contribution in [0, 0.1) is 6.92 Å². The molecule has 1 aromatic carbocycles. The lowest BCUT2D eigenvalue weighted by Gasteiger charge is -2.21. The number of nitrogens with one attached hydrogen (secondary N) is 2. The lowest BCUT2D eigenvalue weighted by molar-refractivity contribution is 0.590. The highest BCUT2D eigenvalue weighted by molar-refractivity contribution is 5.53. The van der Waals surface area contributed by atoms with Crippen molar-refractivity contribution >= 4 is 5.69 Å². The number of rotatable bonds is 2. The Hall–Kier alpha value is -1.02. The summed E-state index contributed by atoms with van der Waals surface area (Å²) in [5, 5.41) is 0. The molecule has 0 aliphatic carbocycles. The van der Waals surface area contributed by atoms with Crippen LogP contribution in [0.15, 0.2) is 18.2 Å². The fraction of sp³-hybridized carbons (Fsp3) is 0.500. The predicted octanol–water partition coefficient (Wildman–Crippen LogP) is 2.84. The molecule has 0 atom stereocenters. The van der Waals surface area contributed by atoms with Crippen LogP contribution in [-0.2, 0) is 5.41 Å². The molecule has 0 heterocycles. The maximum atomic E-state index is 3.14. The molecule has 0 amide bonds. The van der Waals surface area contributed by atoms with E-state index >= 15 is 0 Å². The first-order valence-corrected chi connectivity index (χ1v) is 4.99. The zero-order valence-electron chi connectivity index (χ0n) is 9.73. The third-order valence-corrected chi connectivity index (χ3v) is 2.36. The number of anilines is 1. The van der Waals surface area contributed by atoms with E-state index in [0.717, 1.165) is 5.69 Å². The molecule has 1 rings (SSSR count). The first-order chi connectivity index (χ1) is 6.45. The monoisotopic (exact) mass is 192 g/mol. The van der Waals surface area contributed by atoms with Crippen LogP contribution in [0.4, 0.5) is 5.69 Å². The minimum absolute atomic E-state index is 0.206. The van der Waals surface area contributed by atoms with E-state index in [1.165, 1.54) is 11.1 Å². The lowest BCUT2D eigenvalue weighted by atomic mass is 9.86. The highest BCUT2D eigenvalue weighted by Crippen LogP contribution is 2.26. The maximum Gasteiger partial charge on any atom is 0.0519 e. The van der Waals surface area contributed by atoms with Crippen molar-refractivity contribution < 1.29 is 0 Å². The number of hydrazine groups is 1. The van der Waals surface area contributed by atoms with Crippen LogP contribution < -0.4 is 10.9 Å². The highest BCUT2D eigenvalue weighted by atomic mass is 15.3. The Morgan fingerprint density at radius 1 is 1.14 bits per heavy atom. The van der Waals surface area contributed by atoms with Gasteiger partial charge in [0.2, 0.25) is 0 Å². The van der Waals surface area contributed by atoms with Crippen molar-refractivity contribution in [2.75, 3.05) is 12.5 Å². The van der Waals surface area contributed by atoms with Crippen LogP contribution in [0.5, 0.6) is 0 Å². The van der Waals surface area contributed by atoms with Crippen LogP contribution in [0.1, 0.15) is 31.9 Å². The molecule has 0 saturated carbocycles. The summed E-state index contributed by atoms with van der Waals surface area (Å²) in [6.45, 7) is 8.77. The van der Waals surface area contributed by atoms with Gasteiger partial charge in [-0.2, -0.15) is 0 Å². The molecule has 78 valence electrons. The van der Waals surface area contributed by atoms with E-state index in [4.69, 9.17) is 0 Å². The topological polar surface area (TPSA) is 24.1 Å².